The lowest BCUT2D eigenvalue weighted by atomic mass is 9.95. The molecule has 1 amide bonds. The molecular formula is C16H17NO2. The average molecular weight is 255 g/mol. The normalized spacial score (nSPS) is 11.8. The topological polar surface area (TPSA) is 49.3 Å². The van der Waals surface area contributed by atoms with Crippen LogP contribution in [-0.4, -0.2) is 11.0 Å². The molecule has 2 aromatic carbocycles. The molecule has 0 saturated carbocycles. The first-order valence-corrected chi connectivity index (χ1v) is 6.35. The number of phenolic OH excluding ortho intramolecular Hbond substituents is 1. The first-order valence-electron chi connectivity index (χ1n) is 6.35. The summed E-state index contributed by atoms with van der Waals surface area (Å²) in [5, 5.41) is 12.1. The Hall–Kier alpha value is -2.29. The maximum absolute atomic E-state index is 12.3. The smallest absolute Gasteiger partial charge is 0.231 e. The minimum absolute atomic E-state index is 0.0283. The van der Waals surface area contributed by atoms with Crippen molar-refractivity contribution < 1.29 is 9.90 Å². The lowest BCUT2D eigenvalue weighted by molar-refractivity contribution is -0.117. The quantitative estimate of drug-likeness (QED) is 0.821. The molecule has 0 aliphatic rings. The predicted molar refractivity (Wildman–Crippen MR) is 76.2 cm³/mol. The van der Waals surface area contributed by atoms with Gasteiger partial charge in [0.15, 0.2) is 0 Å². The first kappa shape index (κ1) is 13.1. The molecule has 0 unspecified atom stereocenters. The molecule has 0 aliphatic heterocycles. The summed E-state index contributed by atoms with van der Waals surface area (Å²) in [6, 6.07) is 16.2. The molecule has 0 fully saturated rings. The highest BCUT2D eigenvalue weighted by Gasteiger charge is 2.18. The summed E-state index contributed by atoms with van der Waals surface area (Å²) < 4.78 is 0. The van der Waals surface area contributed by atoms with Crippen molar-refractivity contribution in [3.05, 3.63) is 60.2 Å². The van der Waals surface area contributed by atoms with Crippen molar-refractivity contribution in [3.8, 4) is 5.75 Å². The number of nitrogens with one attached hydrogen (secondary N) is 1. The Labute approximate surface area is 112 Å². The summed E-state index contributed by atoms with van der Waals surface area (Å²) >= 11 is 0. The highest BCUT2D eigenvalue weighted by atomic mass is 16.3. The number of benzene rings is 2. The summed E-state index contributed by atoms with van der Waals surface area (Å²) in [5.74, 6) is 0.00231. The van der Waals surface area contributed by atoms with Crippen molar-refractivity contribution in [2.45, 2.75) is 19.3 Å². The van der Waals surface area contributed by atoms with E-state index in [1.165, 1.54) is 0 Å². The molecule has 2 N–H and O–H groups in total. The number of phenols is 1. The van der Waals surface area contributed by atoms with Crippen molar-refractivity contribution in [2.75, 3.05) is 5.32 Å². The van der Waals surface area contributed by atoms with Gasteiger partial charge in [0.05, 0.1) is 5.92 Å². The largest absolute Gasteiger partial charge is 0.508 e. The number of amides is 1. The zero-order valence-electron chi connectivity index (χ0n) is 10.8. The number of rotatable bonds is 4. The van der Waals surface area contributed by atoms with Gasteiger partial charge in [-0.25, -0.2) is 0 Å². The number of aromatic hydroxyl groups is 1. The van der Waals surface area contributed by atoms with Gasteiger partial charge in [-0.15, -0.1) is 0 Å². The van der Waals surface area contributed by atoms with Crippen LogP contribution in [0.3, 0.4) is 0 Å². The molecule has 3 heteroatoms. The molecule has 2 rings (SSSR count). The van der Waals surface area contributed by atoms with Crippen molar-refractivity contribution in [3.63, 3.8) is 0 Å². The first-order chi connectivity index (χ1) is 9.20. The second kappa shape index (κ2) is 6.05. The summed E-state index contributed by atoms with van der Waals surface area (Å²) in [6.45, 7) is 1.99. The van der Waals surface area contributed by atoms with Crippen LogP contribution in [0, 0.1) is 0 Å². The Kier molecular flexibility index (Phi) is 4.18. The summed E-state index contributed by atoms with van der Waals surface area (Å²) in [4.78, 5) is 12.3. The van der Waals surface area contributed by atoms with Crippen LogP contribution in [0.25, 0.3) is 0 Å². The Morgan fingerprint density at radius 1 is 1.11 bits per heavy atom. The van der Waals surface area contributed by atoms with Gasteiger partial charge in [-0.3, -0.25) is 4.79 Å². The van der Waals surface area contributed by atoms with E-state index in [2.05, 4.69) is 5.32 Å². The third kappa shape index (κ3) is 3.35. The van der Waals surface area contributed by atoms with Crippen molar-refractivity contribution in [1.82, 2.24) is 0 Å². The molecule has 0 spiro atoms. The fraction of sp³-hybridized carbons (Fsp3) is 0.188. The Morgan fingerprint density at radius 2 is 1.74 bits per heavy atom. The van der Waals surface area contributed by atoms with Gasteiger partial charge in [-0.2, -0.15) is 0 Å². The van der Waals surface area contributed by atoms with Gasteiger partial charge in [0.2, 0.25) is 5.91 Å². The molecule has 98 valence electrons. The van der Waals surface area contributed by atoms with Gasteiger partial charge >= 0.3 is 0 Å². The van der Waals surface area contributed by atoms with Crippen LogP contribution < -0.4 is 5.32 Å². The van der Waals surface area contributed by atoms with E-state index in [9.17, 15) is 9.90 Å². The van der Waals surface area contributed by atoms with Gasteiger partial charge in [0, 0.05) is 5.69 Å². The molecule has 0 bridgehead atoms. The summed E-state index contributed by atoms with van der Waals surface area (Å²) in [6.07, 6.45) is 0.744. The maximum Gasteiger partial charge on any atom is 0.231 e. The van der Waals surface area contributed by atoms with E-state index in [1.54, 1.807) is 24.3 Å². The van der Waals surface area contributed by atoms with Gasteiger partial charge in [-0.1, -0.05) is 37.3 Å². The Morgan fingerprint density at radius 3 is 2.32 bits per heavy atom. The Balaban J connectivity index is 2.11. The van der Waals surface area contributed by atoms with E-state index >= 15 is 0 Å². The van der Waals surface area contributed by atoms with Gasteiger partial charge in [0.25, 0.3) is 0 Å². The van der Waals surface area contributed by atoms with Crippen LogP contribution in [-0.2, 0) is 4.79 Å². The number of anilines is 1. The van der Waals surface area contributed by atoms with Crippen molar-refractivity contribution >= 4 is 11.6 Å². The molecule has 19 heavy (non-hydrogen) atoms. The molecule has 0 radical (unpaired) electrons. The van der Waals surface area contributed by atoms with Crippen molar-refractivity contribution in [2.24, 2.45) is 0 Å². The average Bonchev–Trinajstić information content (AvgIpc) is 2.43. The lowest BCUT2D eigenvalue weighted by Crippen LogP contribution is -2.20. The lowest BCUT2D eigenvalue weighted by Gasteiger charge is -2.15. The molecule has 1 atom stereocenters. The minimum Gasteiger partial charge on any atom is -0.508 e. The van der Waals surface area contributed by atoms with Crippen molar-refractivity contribution in [1.29, 1.82) is 0 Å². The van der Waals surface area contributed by atoms with Crippen LogP contribution in [0.15, 0.2) is 54.6 Å². The fourth-order valence-corrected chi connectivity index (χ4v) is 2.03. The van der Waals surface area contributed by atoms with Crippen LogP contribution in [0.2, 0.25) is 0 Å². The second-order valence-electron chi connectivity index (χ2n) is 4.41. The van der Waals surface area contributed by atoms with E-state index in [0.29, 0.717) is 5.69 Å². The molecule has 0 heterocycles. The number of carbonyl (C=O) groups is 1. The Bertz CT molecular complexity index is 534. The third-order valence-corrected chi connectivity index (χ3v) is 3.06. The van der Waals surface area contributed by atoms with Gasteiger partial charge in [-0.05, 0) is 36.2 Å². The van der Waals surface area contributed by atoms with Gasteiger partial charge < -0.3 is 10.4 Å². The molecule has 0 aromatic heterocycles. The van der Waals surface area contributed by atoms with E-state index in [4.69, 9.17) is 0 Å². The highest BCUT2D eigenvalue weighted by Crippen LogP contribution is 2.22. The maximum atomic E-state index is 12.3. The molecule has 0 aliphatic carbocycles. The second-order valence-corrected chi connectivity index (χ2v) is 4.41. The van der Waals surface area contributed by atoms with Gasteiger partial charge in [0.1, 0.15) is 5.75 Å². The SMILES string of the molecule is CC[C@@H](C(=O)Nc1ccc(O)cc1)c1ccccc1. The molecule has 3 nitrogen and oxygen atoms in total. The zero-order chi connectivity index (χ0) is 13.7. The monoisotopic (exact) mass is 255 g/mol. The number of hydrogen-bond acceptors (Lipinski definition) is 2. The van der Waals surface area contributed by atoms with E-state index < -0.39 is 0 Å². The van der Waals surface area contributed by atoms with Crippen LogP contribution in [0.4, 0.5) is 5.69 Å². The molecule has 0 saturated heterocycles. The zero-order valence-corrected chi connectivity index (χ0v) is 10.8. The van der Waals surface area contributed by atoms with E-state index in [-0.39, 0.29) is 17.6 Å². The van der Waals surface area contributed by atoms with Crippen LogP contribution in [0.5, 0.6) is 5.75 Å². The molecule has 2 aromatic rings. The minimum atomic E-state index is -0.157. The fourth-order valence-electron chi connectivity index (χ4n) is 2.03. The standard InChI is InChI=1S/C16H17NO2/c1-2-15(12-6-4-3-5-7-12)16(19)17-13-8-10-14(18)11-9-13/h3-11,15,18H,2H2,1H3,(H,17,19)/t15-/m1/s1. The number of carbonyl (C=O) groups excluding carboxylic acids is 1. The third-order valence-electron chi connectivity index (χ3n) is 3.06. The van der Waals surface area contributed by atoms with E-state index in [1.807, 2.05) is 37.3 Å². The number of hydrogen-bond donors (Lipinski definition) is 2. The molecular weight excluding hydrogens is 238 g/mol. The summed E-state index contributed by atoms with van der Waals surface area (Å²) in [7, 11) is 0. The summed E-state index contributed by atoms with van der Waals surface area (Å²) in [5.41, 5.74) is 1.71. The highest BCUT2D eigenvalue weighted by molar-refractivity contribution is 5.95. The van der Waals surface area contributed by atoms with Crippen LogP contribution >= 0.6 is 0 Å². The van der Waals surface area contributed by atoms with E-state index in [0.717, 1.165) is 12.0 Å². The van der Waals surface area contributed by atoms with Crippen LogP contribution in [0.1, 0.15) is 24.8 Å². The predicted octanol–water partition coefficient (Wildman–Crippen LogP) is 3.52.